The van der Waals surface area contributed by atoms with Gasteiger partial charge in [-0.25, -0.2) is 8.78 Å². The quantitative estimate of drug-likeness (QED) is 0.904. The first-order chi connectivity index (χ1) is 10.2. The van der Waals surface area contributed by atoms with Crippen LogP contribution in [0.5, 0.6) is 5.75 Å². The number of hydrogen-bond donors (Lipinski definition) is 1. The molecule has 0 atom stereocenters. The highest BCUT2D eigenvalue weighted by Gasteiger charge is 2.30. The Balaban J connectivity index is 1.58. The van der Waals surface area contributed by atoms with Crippen LogP contribution in [0, 0.1) is 11.6 Å². The lowest BCUT2D eigenvalue weighted by Crippen LogP contribution is -2.34. The van der Waals surface area contributed by atoms with E-state index in [9.17, 15) is 8.78 Å². The molecule has 2 aromatic carbocycles. The van der Waals surface area contributed by atoms with Gasteiger partial charge >= 0.3 is 0 Å². The van der Waals surface area contributed by atoms with Crippen molar-refractivity contribution in [1.29, 1.82) is 0 Å². The summed E-state index contributed by atoms with van der Waals surface area (Å²) < 4.78 is 31.2. The maximum atomic E-state index is 13.3. The lowest BCUT2D eigenvalue weighted by Gasteiger charge is -2.37. The minimum absolute atomic E-state index is 0.203. The van der Waals surface area contributed by atoms with E-state index in [0.717, 1.165) is 18.5 Å². The van der Waals surface area contributed by atoms with Crippen LogP contribution in [-0.4, -0.2) is 13.2 Å². The fourth-order valence-electron chi connectivity index (χ4n) is 2.73. The lowest BCUT2D eigenvalue weighted by molar-refractivity contribution is 0.372. The smallest absolute Gasteiger partial charge is 0.165 e. The number of anilines is 1. The molecule has 0 bridgehead atoms. The summed E-state index contributed by atoms with van der Waals surface area (Å²) in [4.78, 5) is 0. The molecule has 1 aliphatic rings. The fraction of sp³-hybridized carbons (Fsp3) is 0.294. The third-order valence-corrected chi connectivity index (χ3v) is 4.00. The Hall–Kier alpha value is -2.10. The van der Waals surface area contributed by atoms with Crippen LogP contribution in [0.2, 0.25) is 0 Å². The van der Waals surface area contributed by atoms with Crippen LogP contribution in [0.3, 0.4) is 0 Å². The minimum atomic E-state index is -0.360. The normalized spacial score (nSPS) is 20.7. The zero-order valence-electron chi connectivity index (χ0n) is 11.8. The van der Waals surface area contributed by atoms with Crippen molar-refractivity contribution < 1.29 is 13.5 Å². The second-order valence-electron chi connectivity index (χ2n) is 5.41. The average molecular weight is 289 g/mol. The van der Waals surface area contributed by atoms with E-state index < -0.39 is 0 Å². The second-order valence-corrected chi connectivity index (χ2v) is 5.41. The van der Waals surface area contributed by atoms with E-state index in [1.165, 1.54) is 30.9 Å². The van der Waals surface area contributed by atoms with Gasteiger partial charge in [0.15, 0.2) is 11.6 Å². The number of halogens is 2. The molecule has 2 nitrogen and oxygen atoms in total. The van der Waals surface area contributed by atoms with Gasteiger partial charge < -0.3 is 10.1 Å². The zero-order valence-corrected chi connectivity index (χ0v) is 11.8. The molecule has 110 valence electrons. The van der Waals surface area contributed by atoms with Gasteiger partial charge in [-0.05, 0) is 48.6 Å². The van der Waals surface area contributed by atoms with Gasteiger partial charge in [-0.3, -0.25) is 0 Å². The molecule has 0 aliphatic heterocycles. The molecule has 0 aromatic heterocycles. The van der Waals surface area contributed by atoms with Crippen molar-refractivity contribution in [3.63, 3.8) is 0 Å². The summed E-state index contributed by atoms with van der Waals surface area (Å²) in [5.74, 6) is 0.145. The molecule has 0 amide bonds. The predicted octanol–water partition coefficient (Wildman–Crippen LogP) is 4.33. The Morgan fingerprint density at radius 3 is 2.43 bits per heavy atom. The summed E-state index contributed by atoms with van der Waals surface area (Å²) in [5, 5.41) is 3.37. The van der Waals surface area contributed by atoms with Gasteiger partial charge in [0.25, 0.3) is 0 Å². The van der Waals surface area contributed by atoms with Crippen molar-refractivity contribution in [3.8, 4) is 5.75 Å². The first-order valence-electron chi connectivity index (χ1n) is 7.01. The SMILES string of the molecule is COc1cc(NC2CC(c3ccc(F)cc3)C2)ccc1F. The van der Waals surface area contributed by atoms with Crippen LogP contribution in [0.25, 0.3) is 0 Å². The number of benzene rings is 2. The van der Waals surface area contributed by atoms with E-state index in [1.54, 1.807) is 12.1 Å². The van der Waals surface area contributed by atoms with Gasteiger partial charge in [0.2, 0.25) is 0 Å². The van der Waals surface area contributed by atoms with Crippen molar-refractivity contribution in [2.75, 3.05) is 12.4 Å². The summed E-state index contributed by atoms with van der Waals surface area (Å²) in [5.41, 5.74) is 2.03. The number of methoxy groups -OCH3 is 1. The van der Waals surface area contributed by atoms with Crippen molar-refractivity contribution in [2.24, 2.45) is 0 Å². The van der Waals surface area contributed by atoms with Gasteiger partial charge in [0.1, 0.15) is 5.82 Å². The van der Waals surface area contributed by atoms with E-state index >= 15 is 0 Å². The summed E-state index contributed by atoms with van der Waals surface area (Å²) in [6.07, 6.45) is 1.98. The molecule has 1 N–H and O–H groups in total. The van der Waals surface area contributed by atoms with Crippen LogP contribution >= 0.6 is 0 Å². The highest BCUT2D eigenvalue weighted by molar-refractivity contribution is 5.50. The molecule has 21 heavy (non-hydrogen) atoms. The third kappa shape index (κ3) is 2.99. The molecule has 0 saturated heterocycles. The number of hydrogen-bond acceptors (Lipinski definition) is 2. The van der Waals surface area contributed by atoms with Crippen molar-refractivity contribution >= 4 is 5.69 Å². The minimum Gasteiger partial charge on any atom is -0.494 e. The Morgan fingerprint density at radius 2 is 1.76 bits per heavy atom. The first kappa shape index (κ1) is 13.9. The van der Waals surface area contributed by atoms with Crippen LogP contribution < -0.4 is 10.1 Å². The Labute approximate surface area is 122 Å². The molecule has 1 fully saturated rings. The first-order valence-corrected chi connectivity index (χ1v) is 7.01. The predicted molar refractivity (Wildman–Crippen MR) is 78.7 cm³/mol. The number of ether oxygens (including phenoxy) is 1. The van der Waals surface area contributed by atoms with E-state index in [-0.39, 0.29) is 17.4 Å². The monoisotopic (exact) mass is 289 g/mol. The van der Waals surface area contributed by atoms with Gasteiger partial charge in [-0.15, -0.1) is 0 Å². The van der Waals surface area contributed by atoms with Gasteiger partial charge in [-0.2, -0.15) is 0 Å². The molecule has 0 radical (unpaired) electrons. The van der Waals surface area contributed by atoms with E-state index in [2.05, 4.69) is 5.32 Å². The Morgan fingerprint density at radius 1 is 1.05 bits per heavy atom. The molecule has 1 aliphatic carbocycles. The molecular formula is C17H17F2NO. The Bertz CT molecular complexity index is 621. The van der Waals surface area contributed by atoms with Crippen LogP contribution in [0.1, 0.15) is 24.3 Å². The van der Waals surface area contributed by atoms with E-state index in [1.807, 2.05) is 12.1 Å². The maximum absolute atomic E-state index is 13.3. The third-order valence-electron chi connectivity index (χ3n) is 4.00. The highest BCUT2D eigenvalue weighted by atomic mass is 19.1. The highest BCUT2D eigenvalue weighted by Crippen LogP contribution is 2.38. The topological polar surface area (TPSA) is 21.3 Å². The van der Waals surface area contributed by atoms with Crippen LogP contribution in [-0.2, 0) is 0 Å². The molecule has 0 unspecified atom stereocenters. The van der Waals surface area contributed by atoms with Crippen molar-refractivity contribution in [2.45, 2.75) is 24.8 Å². The zero-order chi connectivity index (χ0) is 14.8. The standard InChI is InChI=1S/C17H17F2NO/c1-21-17-10-14(6-7-16(17)19)20-15-8-12(9-15)11-2-4-13(18)5-3-11/h2-7,10,12,15,20H,8-9H2,1H3. The molecule has 4 heteroatoms. The lowest BCUT2D eigenvalue weighted by atomic mass is 9.76. The van der Waals surface area contributed by atoms with Gasteiger partial charge in [0, 0.05) is 17.8 Å². The van der Waals surface area contributed by atoms with Gasteiger partial charge in [0.05, 0.1) is 7.11 Å². The summed E-state index contributed by atoms with van der Waals surface area (Å²) in [7, 11) is 1.45. The van der Waals surface area contributed by atoms with Crippen LogP contribution in [0.4, 0.5) is 14.5 Å². The molecule has 0 spiro atoms. The number of nitrogens with one attached hydrogen (secondary N) is 1. The fourth-order valence-corrected chi connectivity index (χ4v) is 2.73. The van der Waals surface area contributed by atoms with Gasteiger partial charge in [-0.1, -0.05) is 12.1 Å². The molecule has 0 heterocycles. The summed E-state index contributed by atoms with van der Waals surface area (Å²) in [6.45, 7) is 0. The summed E-state index contributed by atoms with van der Waals surface area (Å²) in [6, 6.07) is 11.8. The van der Waals surface area contributed by atoms with Crippen molar-refractivity contribution in [1.82, 2.24) is 0 Å². The van der Waals surface area contributed by atoms with E-state index in [4.69, 9.17) is 4.74 Å². The Kier molecular flexibility index (Phi) is 3.78. The number of rotatable bonds is 4. The maximum Gasteiger partial charge on any atom is 0.165 e. The second kappa shape index (κ2) is 5.72. The molecular weight excluding hydrogens is 272 g/mol. The van der Waals surface area contributed by atoms with Crippen LogP contribution in [0.15, 0.2) is 42.5 Å². The van der Waals surface area contributed by atoms with Crippen molar-refractivity contribution in [3.05, 3.63) is 59.7 Å². The summed E-state index contributed by atoms with van der Waals surface area (Å²) >= 11 is 0. The molecule has 2 aromatic rings. The largest absolute Gasteiger partial charge is 0.494 e. The molecule has 1 saturated carbocycles. The van der Waals surface area contributed by atoms with E-state index in [0.29, 0.717) is 12.0 Å². The average Bonchev–Trinajstić information content (AvgIpc) is 2.45. The molecule has 3 rings (SSSR count).